The van der Waals surface area contributed by atoms with E-state index in [0.29, 0.717) is 12.8 Å². The Morgan fingerprint density at radius 1 is 1.28 bits per heavy atom. The number of nitrogens with one attached hydrogen (secondary N) is 1. The second kappa shape index (κ2) is 6.67. The molecule has 5 nitrogen and oxygen atoms in total. The zero-order chi connectivity index (χ0) is 13.6. The van der Waals surface area contributed by atoms with E-state index in [1.807, 2.05) is 0 Å². The van der Waals surface area contributed by atoms with E-state index in [9.17, 15) is 12.8 Å². The van der Waals surface area contributed by atoms with Crippen molar-refractivity contribution in [2.75, 3.05) is 18.9 Å². The molecule has 0 bridgehead atoms. The lowest BCUT2D eigenvalue weighted by Crippen LogP contribution is -2.25. The van der Waals surface area contributed by atoms with Crippen LogP contribution < -0.4 is 10.5 Å². The molecular weight excluding hydrogens is 259 g/mol. The summed E-state index contributed by atoms with van der Waals surface area (Å²) in [5.74, 6) is -0.642. The van der Waals surface area contributed by atoms with E-state index in [-0.39, 0.29) is 23.7 Å². The third-order valence-electron chi connectivity index (χ3n) is 2.40. The highest BCUT2D eigenvalue weighted by Crippen LogP contribution is 2.16. The maximum Gasteiger partial charge on any atom is 0.240 e. The van der Waals surface area contributed by atoms with Crippen molar-refractivity contribution in [2.24, 2.45) is 0 Å². The van der Waals surface area contributed by atoms with Crippen LogP contribution in [0.1, 0.15) is 19.3 Å². The molecule has 0 saturated heterocycles. The molecule has 0 spiro atoms. The Morgan fingerprint density at radius 2 is 2.00 bits per heavy atom. The smallest absolute Gasteiger partial charge is 0.240 e. The molecule has 0 unspecified atom stereocenters. The summed E-state index contributed by atoms with van der Waals surface area (Å²) in [7, 11) is -3.65. The second-order valence-electron chi connectivity index (χ2n) is 3.87. The molecule has 1 aromatic carbocycles. The first-order valence-corrected chi connectivity index (χ1v) is 7.11. The summed E-state index contributed by atoms with van der Waals surface area (Å²) in [5, 5.41) is 8.57. The van der Waals surface area contributed by atoms with Crippen molar-refractivity contribution in [3.8, 4) is 0 Å². The van der Waals surface area contributed by atoms with E-state index >= 15 is 0 Å². The van der Waals surface area contributed by atoms with Crippen molar-refractivity contribution in [2.45, 2.75) is 24.2 Å². The third kappa shape index (κ3) is 4.25. The molecule has 4 N–H and O–H groups in total. The molecule has 0 atom stereocenters. The number of nitrogen functional groups attached to an aromatic ring is 1. The Morgan fingerprint density at radius 3 is 2.61 bits per heavy atom. The monoisotopic (exact) mass is 276 g/mol. The van der Waals surface area contributed by atoms with Gasteiger partial charge in [0.05, 0.1) is 10.6 Å². The highest BCUT2D eigenvalue weighted by atomic mass is 32.2. The molecule has 102 valence electrons. The molecular formula is C11H17FN2O3S. The summed E-state index contributed by atoms with van der Waals surface area (Å²) < 4.78 is 38.9. The van der Waals surface area contributed by atoms with E-state index in [4.69, 9.17) is 10.8 Å². The van der Waals surface area contributed by atoms with Crippen LogP contribution in [0.25, 0.3) is 0 Å². The number of aliphatic hydroxyl groups is 1. The average molecular weight is 276 g/mol. The van der Waals surface area contributed by atoms with Crippen molar-refractivity contribution in [3.63, 3.8) is 0 Å². The van der Waals surface area contributed by atoms with Gasteiger partial charge in [0.1, 0.15) is 5.82 Å². The Kier molecular flexibility index (Phi) is 5.52. The molecule has 1 rings (SSSR count). The summed E-state index contributed by atoms with van der Waals surface area (Å²) in [5.41, 5.74) is 5.12. The maximum atomic E-state index is 12.9. The van der Waals surface area contributed by atoms with Gasteiger partial charge in [-0.2, -0.15) is 0 Å². The molecule has 0 aliphatic heterocycles. The van der Waals surface area contributed by atoms with Gasteiger partial charge < -0.3 is 10.8 Å². The molecule has 0 aromatic heterocycles. The van der Waals surface area contributed by atoms with Gasteiger partial charge in [-0.25, -0.2) is 17.5 Å². The zero-order valence-corrected chi connectivity index (χ0v) is 10.7. The first kappa shape index (κ1) is 14.9. The number of benzene rings is 1. The van der Waals surface area contributed by atoms with Crippen LogP contribution >= 0.6 is 0 Å². The molecule has 0 amide bonds. The molecule has 0 aliphatic carbocycles. The number of nitrogens with two attached hydrogens (primary N) is 1. The van der Waals surface area contributed by atoms with Gasteiger partial charge in [-0.05, 0) is 37.5 Å². The number of anilines is 1. The van der Waals surface area contributed by atoms with Crippen LogP contribution in [0.2, 0.25) is 0 Å². The van der Waals surface area contributed by atoms with Gasteiger partial charge in [-0.15, -0.1) is 0 Å². The Bertz CT molecular complexity index is 491. The fourth-order valence-electron chi connectivity index (χ4n) is 1.39. The molecule has 7 heteroatoms. The van der Waals surface area contributed by atoms with Crippen molar-refractivity contribution in [1.82, 2.24) is 4.72 Å². The molecule has 0 radical (unpaired) electrons. The molecule has 0 aliphatic rings. The summed E-state index contributed by atoms with van der Waals surface area (Å²) >= 11 is 0. The van der Waals surface area contributed by atoms with Crippen molar-refractivity contribution in [3.05, 3.63) is 24.0 Å². The largest absolute Gasteiger partial charge is 0.396 e. The third-order valence-corrected chi connectivity index (χ3v) is 3.86. The predicted octanol–water partition coefficient (Wildman–Crippen LogP) is 0.849. The first-order valence-electron chi connectivity index (χ1n) is 5.63. The highest BCUT2D eigenvalue weighted by Gasteiger charge is 2.14. The summed E-state index contributed by atoms with van der Waals surface area (Å²) in [6.07, 6.45) is 2.02. The minimum Gasteiger partial charge on any atom is -0.396 e. The number of rotatable bonds is 7. The van der Waals surface area contributed by atoms with Crippen LogP contribution in [0.5, 0.6) is 0 Å². The molecule has 18 heavy (non-hydrogen) atoms. The van der Waals surface area contributed by atoms with Gasteiger partial charge in [-0.3, -0.25) is 0 Å². The van der Waals surface area contributed by atoms with Crippen LogP contribution in [0, 0.1) is 5.82 Å². The predicted molar refractivity (Wildman–Crippen MR) is 66.9 cm³/mol. The molecule has 0 heterocycles. The Balaban J connectivity index is 2.60. The van der Waals surface area contributed by atoms with E-state index < -0.39 is 15.8 Å². The normalized spacial score (nSPS) is 11.7. The van der Waals surface area contributed by atoms with E-state index in [1.165, 1.54) is 6.07 Å². The SMILES string of the molecule is Nc1cc(S(=O)(=O)NCCCCCO)ccc1F. The maximum absolute atomic E-state index is 12.9. The van der Waals surface area contributed by atoms with Crippen LogP contribution in [0.3, 0.4) is 0 Å². The summed E-state index contributed by atoms with van der Waals surface area (Å²) in [4.78, 5) is -0.0523. The Hall–Kier alpha value is -1.18. The van der Waals surface area contributed by atoms with Gasteiger partial charge in [0, 0.05) is 13.2 Å². The molecule has 0 fully saturated rings. The van der Waals surface area contributed by atoms with Gasteiger partial charge in [0.15, 0.2) is 0 Å². The van der Waals surface area contributed by atoms with Crippen molar-refractivity contribution in [1.29, 1.82) is 0 Å². The van der Waals surface area contributed by atoms with Crippen LogP contribution in [-0.2, 0) is 10.0 Å². The van der Waals surface area contributed by atoms with Gasteiger partial charge >= 0.3 is 0 Å². The van der Waals surface area contributed by atoms with Crippen LogP contribution in [-0.4, -0.2) is 26.7 Å². The lowest BCUT2D eigenvalue weighted by molar-refractivity contribution is 0.283. The average Bonchev–Trinajstić information content (AvgIpc) is 2.32. The van der Waals surface area contributed by atoms with Crippen molar-refractivity contribution < 1.29 is 17.9 Å². The number of halogens is 1. The van der Waals surface area contributed by atoms with E-state index in [0.717, 1.165) is 18.6 Å². The highest BCUT2D eigenvalue weighted by molar-refractivity contribution is 7.89. The number of aliphatic hydroxyl groups excluding tert-OH is 1. The molecule has 1 aromatic rings. The summed E-state index contributed by atoms with van der Waals surface area (Å²) in [6, 6.07) is 3.28. The minimum atomic E-state index is -3.65. The standard InChI is InChI=1S/C11H17FN2O3S/c12-10-5-4-9(8-11(10)13)18(16,17)14-6-2-1-3-7-15/h4-5,8,14-15H,1-3,6-7,13H2. The fourth-order valence-corrected chi connectivity index (χ4v) is 2.50. The molecule has 0 saturated carbocycles. The summed E-state index contributed by atoms with van der Waals surface area (Å²) in [6.45, 7) is 0.376. The van der Waals surface area contributed by atoms with Crippen LogP contribution in [0.15, 0.2) is 23.1 Å². The topological polar surface area (TPSA) is 92.4 Å². The fraction of sp³-hybridized carbons (Fsp3) is 0.455. The number of hydrogen-bond donors (Lipinski definition) is 3. The number of sulfonamides is 1. The quantitative estimate of drug-likeness (QED) is 0.508. The lowest BCUT2D eigenvalue weighted by Gasteiger charge is -2.07. The van der Waals surface area contributed by atoms with E-state index in [2.05, 4.69) is 4.72 Å². The second-order valence-corrected chi connectivity index (χ2v) is 5.63. The number of unbranched alkanes of at least 4 members (excludes halogenated alkanes) is 2. The van der Waals surface area contributed by atoms with E-state index in [1.54, 1.807) is 0 Å². The van der Waals surface area contributed by atoms with Crippen molar-refractivity contribution >= 4 is 15.7 Å². The zero-order valence-electron chi connectivity index (χ0n) is 9.89. The van der Waals surface area contributed by atoms with Gasteiger partial charge in [0.25, 0.3) is 0 Å². The Labute approximate surface area is 106 Å². The minimum absolute atomic E-state index is 0.0523. The lowest BCUT2D eigenvalue weighted by atomic mass is 10.2. The van der Waals surface area contributed by atoms with Crippen LogP contribution in [0.4, 0.5) is 10.1 Å². The number of hydrogen-bond acceptors (Lipinski definition) is 4. The van der Waals surface area contributed by atoms with Gasteiger partial charge in [-0.1, -0.05) is 0 Å². The van der Waals surface area contributed by atoms with Gasteiger partial charge in [0.2, 0.25) is 10.0 Å². The first-order chi connectivity index (χ1) is 8.47.